The van der Waals surface area contributed by atoms with Gasteiger partial charge in [-0.2, -0.15) is 0 Å². The molecule has 114 valence electrons. The van der Waals surface area contributed by atoms with Gasteiger partial charge in [0.15, 0.2) is 0 Å². The molecule has 2 N–H and O–H groups in total. The highest BCUT2D eigenvalue weighted by atomic mass is 35.5. The Hall–Kier alpha value is -0.620. The van der Waals surface area contributed by atoms with Gasteiger partial charge in [0.05, 0.1) is 4.90 Å². The lowest BCUT2D eigenvalue weighted by atomic mass is 10.0. The first kappa shape index (κ1) is 17.4. The molecule has 4 nitrogen and oxygen atoms in total. The summed E-state index contributed by atoms with van der Waals surface area (Å²) in [6.07, 6.45) is 2.45. The molecule has 1 aromatic carbocycles. The smallest absolute Gasteiger partial charge is 0.240 e. The second-order valence-electron chi connectivity index (χ2n) is 4.88. The molecule has 20 heavy (non-hydrogen) atoms. The summed E-state index contributed by atoms with van der Waals surface area (Å²) in [6.45, 7) is 4.14. The van der Waals surface area contributed by atoms with E-state index in [9.17, 15) is 8.42 Å². The summed E-state index contributed by atoms with van der Waals surface area (Å²) in [5.41, 5.74) is 0.552. The third kappa shape index (κ3) is 4.74. The highest BCUT2D eigenvalue weighted by Gasteiger charge is 2.19. The monoisotopic (exact) mass is 319 g/mol. The lowest BCUT2D eigenvalue weighted by molar-refractivity contribution is 0.251. The fourth-order valence-electron chi connectivity index (χ4n) is 2.12. The van der Waals surface area contributed by atoms with Gasteiger partial charge in [-0.05, 0) is 43.4 Å². The van der Waals surface area contributed by atoms with Crippen LogP contribution in [0.5, 0.6) is 0 Å². The molecule has 0 aliphatic heterocycles. The van der Waals surface area contributed by atoms with Gasteiger partial charge in [0.1, 0.15) is 0 Å². The van der Waals surface area contributed by atoms with Gasteiger partial charge < -0.3 is 5.11 Å². The van der Waals surface area contributed by atoms with Gasteiger partial charge >= 0.3 is 0 Å². The normalized spacial score (nSPS) is 13.4. The molecule has 1 aromatic rings. The highest BCUT2D eigenvalue weighted by Crippen LogP contribution is 2.22. The maximum atomic E-state index is 12.3. The Morgan fingerprint density at radius 1 is 1.35 bits per heavy atom. The predicted molar refractivity (Wildman–Crippen MR) is 81.5 cm³/mol. The Bertz CT molecular complexity index is 525. The van der Waals surface area contributed by atoms with Crippen LogP contribution in [0, 0.1) is 12.8 Å². The number of aliphatic hydroxyl groups excluding tert-OH is 1. The number of hydrogen-bond acceptors (Lipinski definition) is 3. The molecule has 0 saturated heterocycles. The zero-order chi connectivity index (χ0) is 15.2. The molecule has 0 spiro atoms. The largest absolute Gasteiger partial charge is 0.396 e. The van der Waals surface area contributed by atoms with E-state index in [1.54, 1.807) is 25.1 Å². The van der Waals surface area contributed by atoms with Crippen molar-refractivity contribution in [3.8, 4) is 0 Å². The maximum Gasteiger partial charge on any atom is 0.240 e. The van der Waals surface area contributed by atoms with E-state index >= 15 is 0 Å². The number of hydrogen-bond donors (Lipinski definition) is 2. The first-order valence-corrected chi connectivity index (χ1v) is 8.64. The molecule has 0 heterocycles. The molecule has 0 aliphatic rings. The molecule has 6 heteroatoms. The predicted octanol–water partition coefficient (Wildman–Crippen LogP) is 2.73. The molecular weight excluding hydrogens is 298 g/mol. The number of rotatable bonds is 8. The zero-order valence-corrected chi connectivity index (χ0v) is 13.5. The van der Waals surface area contributed by atoms with Crippen molar-refractivity contribution >= 4 is 21.6 Å². The summed E-state index contributed by atoms with van der Waals surface area (Å²) >= 11 is 5.96. The molecule has 0 fully saturated rings. The summed E-state index contributed by atoms with van der Waals surface area (Å²) in [5, 5.41) is 9.43. The Balaban J connectivity index is 2.81. The molecular formula is C14H22ClNO3S. The summed E-state index contributed by atoms with van der Waals surface area (Å²) < 4.78 is 27.2. The second kappa shape index (κ2) is 7.98. The molecule has 1 rings (SSSR count). The van der Waals surface area contributed by atoms with Gasteiger partial charge in [0.25, 0.3) is 0 Å². The van der Waals surface area contributed by atoms with E-state index in [1.807, 2.05) is 6.92 Å². The average molecular weight is 320 g/mol. The van der Waals surface area contributed by atoms with Crippen molar-refractivity contribution in [3.05, 3.63) is 28.8 Å². The van der Waals surface area contributed by atoms with Crippen LogP contribution in [0.4, 0.5) is 0 Å². The molecule has 0 saturated carbocycles. The summed E-state index contributed by atoms with van der Waals surface area (Å²) in [6, 6.07) is 4.84. The van der Waals surface area contributed by atoms with Crippen LogP contribution in [0.1, 0.15) is 31.7 Å². The second-order valence-corrected chi connectivity index (χ2v) is 7.02. The Kier molecular flexibility index (Phi) is 6.95. The summed E-state index contributed by atoms with van der Waals surface area (Å²) in [7, 11) is -3.56. The van der Waals surface area contributed by atoms with Crippen LogP contribution in [0.25, 0.3) is 0 Å². The van der Waals surface area contributed by atoms with Crippen LogP contribution in [-0.2, 0) is 10.0 Å². The van der Waals surface area contributed by atoms with Crippen LogP contribution in [-0.4, -0.2) is 26.7 Å². The lowest BCUT2D eigenvalue weighted by Gasteiger charge is -2.16. The van der Waals surface area contributed by atoms with Crippen molar-refractivity contribution in [2.75, 3.05) is 13.2 Å². The van der Waals surface area contributed by atoms with Gasteiger partial charge in [-0.15, -0.1) is 0 Å². The third-order valence-electron chi connectivity index (χ3n) is 3.30. The van der Waals surface area contributed by atoms with E-state index in [0.717, 1.165) is 12.8 Å². The molecule has 0 radical (unpaired) electrons. The number of aliphatic hydroxyl groups is 1. The quantitative estimate of drug-likeness (QED) is 0.774. The first-order chi connectivity index (χ1) is 9.42. The van der Waals surface area contributed by atoms with Gasteiger partial charge in [-0.25, -0.2) is 13.1 Å². The van der Waals surface area contributed by atoms with Crippen molar-refractivity contribution in [1.82, 2.24) is 4.72 Å². The van der Waals surface area contributed by atoms with Crippen molar-refractivity contribution in [2.24, 2.45) is 5.92 Å². The van der Waals surface area contributed by atoms with Crippen molar-refractivity contribution in [2.45, 2.75) is 38.0 Å². The van der Waals surface area contributed by atoms with Crippen LogP contribution >= 0.6 is 11.6 Å². The average Bonchev–Trinajstić information content (AvgIpc) is 2.39. The van der Waals surface area contributed by atoms with Crippen molar-refractivity contribution in [3.63, 3.8) is 0 Å². The van der Waals surface area contributed by atoms with E-state index in [-0.39, 0.29) is 17.4 Å². The minimum atomic E-state index is -3.56. The molecule has 0 amide bonds. The van der Waals surface area contributed by atoms with E-state index in [1.165, 1.54) is 0 Å². The van der Waals surface area contributed by atoms with Crippen LogP contribution in [0.15, 0.2) is 23.1 Å². The Morgan fingerprint density at radius 2 is 2.05 bits per heavy atom. The fourth-order valence-corrected chi connectivity index (χ4v) is 3.74. The standard InChI is InChI=1S/C14H22ClNO3S/c1-3-5-12(8-9-17)10-16-20(18,19)14-7-4-6-13(15)11(14)2/h4,6-7,12,16-17H,3,5,8-10H2,1-2H3. The Labute approximate surface area is 126 Å². The van der Waals surface area contributed by atoms with Crippen molar-refractivity contribution < 1.29 is 13.5 Å². The van der Waals surface area contributed by atoms with Gasteiger partial charge in [0, 0.05) is 18.2 Å². The minimum absolute atomic E-state index is 0.0720. The van der Waals surface area contributed by atoms with Crippen LogP contribution in [0.2, 0.25) is 5.02 Å². The van der Waals surface area contributed by atoms with E-state index < -0.39 is 10.0 Å². The highest BCUT2D eigenvalue weighted by molar-refractivity contribution is 7.89. The fraction of sp³-hybridized carbons (Fsp3) is 0.571. The van der Waals surface area contributed by atoms with Crippen LogP contribution < -0.4 is 4.72 Å². The molecule has 0 aromatic heterocycles. The minimum Gasteiger partial charge on any atom is -0.396 e. The van der Waals surface area contributed by atoms with E-state index in [0.29, 0.717) is 23.6 Å². The Morgan fingerprint density at radius 3 is 2.65 bits per heavy atom. The first-order valence-electron chi connectivity index (χ1n) is 6.78. The third-order valence-corrected chi connectivity index (χ3v) is 5.28. The zero-order valence-electron chi connectivity index (χ0n) is 11.9. The van der Waals surface area contributed by atoms with E-state index in [4.69, 9.17) is 16.7 Å². The summed E-state index contributed by atoms with van der Waals surface area (Å²) in [4.78, 5) is 0.212. The van der Waals surface area contributed by atoms with E-state index in [2.05, 4.69) is 4.72 Å². The maximum absolute atomic E-state index is 12.3. The number of nitrogens with one attached hydrogen (secondary N) is 1. The molecule has 1 unspecified atom stereocenters. The van der Waals surface area contributed by atoms with Gasteiger partial charge in [-0.1, -0.05) is 31.0 Å². The molecule has 1 atom stereocenters. The van der Waals surface area contributed by atoms with Gasteiger partial charge in [0.2, 0.25) is 10.0 Å². The number of sulfonamides is 1. The van der Waals surface area contributed by atoms with Gasteiger partial charge in [-0.3, -0.25) is 0 Å². The topological polar surface area (TPSA) is 66.4 Å². The number of halogens is 1. The SMILES string of the molecule is CCCC(CCO)CNS(=O)(=O)c1cccc(Cl)c1C. The summed E-state index contributed by atoms with van der Waals surface area (Å²) in [5.74, 6) is 0.152. The van der Waals surface area contributed by atoms with Crippen molar-refractivity contribution in [1.29, 1.82) is 0 Å². The van der Waals surface area contributed by atoms with Crippen LogP contribution in [0.3, 0.4) is 0 Å². The lowest BCUT2D eigenvalue weighted by Crippen LogP contribution is -2.30. The molecule has 0 aliphatic carbocycles. The number of benzene rings is 1. The molecule has 0 bridgehead atoms.